The van der Waals surface area contributed by atoms with Gasteiger partial charge in [0.25, 0.3) is 0 Å². The molecule has 4 nitrogen and oxygen atoms in total. The van der Waals surface area contributed by atoms with Gasteiger partial charge in [-0.15, -0.1) is 0 Å². The van der Waals surface area contributed by atoms with Gasteiger partial charge in [-0.1, -0.05) is 6.92 Å². The van der Waals surface area contributed by atoms with Crippen LogP contribution in [0.2, 0.25) is 0 Å². The third kappa shape index (κ3) is 2.84. The Morgan fingerprint density at radius 3 is 2.56 bits per heavy atom. The number of rotatable bonds is 5. The van der Waals surface area contributed by atoms with Gasteiger partial charge in [0.05, 0.1) is 6.07 Å². The first-order valence-electron chi connectivity index (χ1n) is 7.08. The van der Waals surface area contributed by atoms with E-state index in [4.69, 9.17) is 5.26 Å². The van der Waals surface area contributed by atoms with Crippen molar-refractivity contribution in [3.05, 3.63) is 0 Å². The summed E-state index contributed by atoms with van der Waals surface area (Å²) in [6, 6.07) is 2.19. The minimum absolute atomic E-state index is 0.0514. The molecule has 1 aliphatic carbocycles. The Hall–Kier alpha value is -1.08. The average Bonchev–Trinajstić information content (AvgIpc) is 2.78. The second-order valence-electron chi connectivity index (χ2n) is 5.87. The van der Waals surface area contributed by atoms with Crippen molar-refractivity contribution >= 4 is 5.91 Å². The smallest absolute Gasteiger partial charge is 0.240 e. The van der Waals surface area contributed by atoms with E-state index in [0.717, 1.165) is 25.8 Å². The molecule has 18 heavy (non-hydrogen) atoms. The van der Waals surface area contributed by atoms with E-state index in [1.807, 2.05) is 0 Å². The molecular formula is C14H23N3O. The van der Waals surface area contributed by atoms with E-state index in [1.54, 1.807) is 0 Å². The normalized spacial score (nSPS) is 24.0. The highest BCUT2D eigenvalue weighted by Gasteiger charge is 2.44. The molecule has 4 heteroatoms. The van der Waals surface area contributed by atoms with Crippen molar-refractivity contribution in [3.8, 4) is 6.07 Å². The number of nitrogens with zero attached hydrogens (tertiary/aromatic N) is 2. The van der Waals surface area contributed by atoms with E-state index in [0.29, 0.717) is 12.5 Å². The van der Waals surface area contributed by atoms with E-state index in [9.17, 15) is 4.79 Å². The summed E-state index contributed by atoms with van der Waals surface area (Å²) in [4.78, 5) is 14.4. The van der Waals surface area contributed by atoms with Gasteiger partial charge in [0.1, 0.15) is 5.41 Å². The second-order valence-corrected chi connectivity index (χ2v) is 5.87. The molecule has 2 aliphatic rings. The summed E-state index contributed by atoms with van der Waals surface area (Å²) < 4.78 is 0. The fraction of sp³-hybridized carbons (Fsp3) is 0.857. The van der Waals surface area contributed by atoms with Gasteiger partial charge < -0.3 is 10.2 Å². The van der Waals surface area contributed by atoms with Gasteiger partial charge >= 0.3 is 0 Å². The second kappa shape index (κ2) is 5.71. The van der Waals surface area contributed by atoms with Crippen LogP contribution < -0.4 is 5.32 Å². The van der Waals surface area contributed by atoms with Gasteiger partial charge in [0, 0.05) is 13.1 Å². The van der Waals surface area contributed by atoms with Gasteiger partial charge in [0.2, 0.25) is 5.91 Å². The van der Waals surface area contributed by atoms with Crippen LogP contribution in [0.25, 0.3) is 0 Å². The molecule has 0 aromatic heterocycles. The number of hydrogen-bond acceptors (Lipinski definition) is 3. The quantitative estimate of drug-likeness (QED) is 0.804. The molecule has 1 unspecified atom stereocenters. The number of carbonyl (C=O) groups excluding carboxylic acids is 1. The molecule has 0 aromatic rings. The fourth-order valence-electron chi connectivity index (χ4n) is 2.83. The van der Waals surface area contributed by atoms with E-state index >= 15 is 0 Å². The third-order valence-electron chi connectivity index (χ3n) is 4.24. The Kier molecular flexibility index (Phi) is 4.23. The van der Waals surface area contributed by atoms with Crippen LogP contribution in [0.15, 0.2) is 0 Å². The molecule has 0 spiro atoms. The van der Waals surface area contributed by atoms with Crippen LogP contribution in [-0.2, 0) is 4.79 Å². The summed E-state index contributed by atoms with van der Waals surface area (Å²) in [5.74, 6) is 0.410. The highest BCUT2D eigenvalue weighted by Crippen LogP contribution is 2.40. The van der Waals surface area contributed by atoms with E-state index < -0.39 is 5.41 Å². The Morgan fingerprint density at radius 1 is 1.39 bits per heavy atom. The van der Waals surface area contributed by atoms with Crippen LogP contribution in [0.4, 0.5) is 0 Å². The topological polar surface area (TPSA) is 56.1 Å². The highest BCUT2D eigenvalue weighted by molar-refractivity contribution is 5.86. The summed E-state index contributed by atoms with van der Waals surface area (Å²) >= 11 is 0. The lowest BCUT2D eigenvalue weighted by Gasteiger charge is -2.33. The van der Waals surface area contributed by atoms with Crippen LogP contribution in [0.3, 0.4) is 0 Å². The Morgan fingerprint density at radius 2 is 2.06 bits per heavy atom. The molecule has 1 atom stereocenters. The summed E-state index contributed by atoms with van der Waals surface area (Å²) in [5.41, 5.74) is -0.701. The predicted molar refractivity (Wildman–Crippen MR) is 69.7 cm³/mol. The molecule has 1 saturated heterocycles. The number of amides is 1. The van der Waals surface area contributed by atoms with Crippen LogP contribution in [0.1, 0.15) is 39.0 Å². The maximum Gasteiger partial charge on any atom is 0.240 e. The summed E-state index contributed by atoms with van der Waals surface area (Å²) in [5, 5.41) is 12.0. The summed E-state index contributed by atoms with van der Waals surface area (Å²) in [6.07, 6.45) is 5.07. The number of likely N-dealkylation sites (tertiary alicyclic amines) is 1. The molecule has 1 heterocycles. The minimum Gasteiger partial charge on any atom is -0.354 e. The number of nitrogens with one attached hydrogen (secondary N) is 1. The van der Waals surface area contributed by atoms with E-state index in [1.165, 1.54) is 25.9 Å². The highest BCUT2D eigenvalue weighted by atomic mass is 16.2. The van der Waals surface area contributed by atoms with E-state index in [-0.39, 0.29) is 5.91 Å². The van der Waals surface area contributed by atoms with Crippen molar-refractivity contribution in [1.29, 1.82) is 5.26 Å². The first kappa shape index (κ1) is 13.4. The molecule has 0 aromatic carbocycles. The maximum atomic E-state index is 12.0. The van der Waals surface area contributed by atoms with Gasteiger partial charge in [-0.25, -0.2) is 0 Å². The van der Waals surface area contributed by atoms with Gasteiger partial charge in [0.15, 0.2) is 0 Å². The fourth-order valence-corrected chi connectivity index (χ4v) is 2.83. The summed E-state index contributed by atoms with van der Waals surface area (Å²) in [6.45, 7) is 6.30. The molecule has 1 N–H and O–H groups in total. The molecule has 1 amide bonds. The zero-order valence-corrected chi connectivity index (χ0v) is 11.2. The Balaban J connectivity index is 1.70. The monoisotopic (exact) mass is 249 g/mol. The van der Waals surface area contributed by atoms with Crippen molar-refractivity contribution in [2.24, 2.45) is 11.3 Å². The number of hydrogen-bond donors (Lipinski definition) is 1. The molecule has 2 rings (SSSR count). The third-order valence-corrected chi connectivity index (χ3v) is 4.24. The van der Waals surface area contributed by atoms with Crippen molar-refractivity contribution in [2.45, 2.75) is 39.0 Å². The van der Waals surface area contributed by atoms with Crippen molar-refractivity contribution in [2.75, 3.05) is 26.2 Å². The average molecular weight is 249 g/mol. The van der Waals surface area contributed by atoms with Crippen molar-refractivity contribution in [1.82, 2.24) is 10.2 Å². The minimum atomic E-state index is -0.701. The Labute approximate surface area is 109 Å². The standard InChI is InChI=1S/C14H23N3O/c1-12(10-17-7-2-3-8-17)9-16-13(18)14(11-15)5-4-6-14/h12H,2-10H2,1H3,(H,16,18). The van der Waals surface area contributed by atoms with Crippen LogP contribution >= 0.6 is 0 Å². The zero-order chi connectivity index (χ0) is 13.0. The lowest BCUT2D eigenvalue weighted by atomic mass is 9.69. The number of nitriles is 1. The van der Waals surface area contributed by atoms with Crippen LogP contribution in [0.5, 0.6) is 0 Å². The molecule has 0 bridgehead atoms. The Bertz CT molecular complexity index is 337. The summed E-state index contributed by atoms with van der Waals surface area (Å²) in [7, 11) is 0. The van der Waals surface area contributed by atoms with Crippen molar-refractivity contribution < 1.29 is 4.79 Å². The first-order valence-corrected chi connectivity index (χ1v) is 7.08. The van der Waals surface area contributed by atoms with Crippen molar-refractivity contribution in [3.63, 3.8) is 0 Å². The van der Waals surface area contributed by atoms with E-state index in [2.05, 4.69) is 23.2 Å². The lowest BCUT2D eigenvalue weighted by molar-refractivity contribution is -0.131. The van der Waals surface area contributed by atoms with Gasteiger partial charge in [-0.3, -0.25) is 4.79 Å². The van der Waals surface area contributed by atoms with Gasteiger partial charge in [-0.05, 0) is 51.1 Å². The molecule has 0 radical (unpaired) electrons. The SMILES string of the molecule is CC(CNC(=O)C1(C#N)CCC1)CN1CCCC1. The molecule has 2 fully saturated rings. The number of carbonyl (C=O) groups is 1. The van der Waals surface area contributed by atoms with Gasteiger partial charge in [-0.2, -0.15) is 5.26 Å². The molecular weight excluding hydrogens is 226 g/mol. The molecule has 100 valence electrons. The maximum absolute atomic E-state index is 12.0. The molecule has 1 aliphatic heterocycles. The predicted octanol–water partition coefficient (Wildman–Crippen LogP) is 1.53. The zero-order valence-electron chi connectivity index (χ0n) is 11.2. The lowest BCUT2D eigenvalue weighted by Crippen LogP contribution is -2.46. The van der Waals surface area contributed by atoms with Crippen LogP contribution in [0, 0.1) is 22.7 Å². The van der Waals surface area contributed by atoms with Crippen LogP contribution in [-0.4, -0.2) is 37.0 Å². The largest absolute Gasteiger partial charge is 0.354 e. The first-order chi connectivity index (χ1) is 8.66. The molecule has 1 saturated carbocycles.